The summed E-state index contributed by atoms with van der Waals surface area (Å²) in [5.74, 6) is -2.34. The standard InChI is InChI=1S/C13H15NO7/c1-2-12(17)20-7-5-19-6-8-21-13(18)9-14-10(15)3-4-11(14)16/h2-4H,1,5-9H2. The van der Waals surface area contributed by atoms with Gasteiger partial charge >= 0.3 is 11.9 Å². The lowest BCUT2D eigenvalue weighted by Crippen LogP contribution is -2.36. The van der Waals surface area contributed by atoms with Crippen molar-refractivity contribution in [1.29, 1.82) is 0 Å². The van der Waals surface area contributed by atoms with Gasteiger partial charge in [-0.2, -0.15) is 0 Å². The van der Waals surface area contributed by atoms with Crippen molar-refractivity contribution in [3.8, 4) is 0 Å². The van der Waals surface area contributed by atoms with Crippen LogP contribution in [0.2, 0.25) is 0 Å². The molecule has 0 fully saturated rings. The van der Waals surface area contributed by atoms with E-state index in [0.29, 0.717) is 0 Å². The molecule has 0 unspecified atom stereocenters. The number of hydrogen-bond acceptors (Lipinski definition) is 7. The normalized spacial score (nSPS) is 13.4. The number of carbonyl (C=O) groups excluding carboxylic acids is 4. The van der Waals surface area contributed by atoms with Crippen molar-refractivity contribution in [3.05, 3.63) is 24.8 Å². The van der Waals surface area contributed by atoms with E-state index in [1.807, 2.05) is 0 Å². The minimum Gasteiger partial charge on any atom is -0.462 e. The topological polar surface area (TPSA) is 99.2 Å². The van der Waals surface area contributed by atoms with Crippen LogP contribution in [0.25, 0.3) is 0 Å². The Morgan fingerprint density at radius 1 is 1.05 bits per heavy atom. The zero-order chi connectivity index (χ0) is 15.7. The fraction of sp³-hybridized carbons (Fsp3) is 0.385. The van der Waals surface area contributed by atoms with Crippen LogP contribution >= 0.6 is 0 Å². The first kappa shape index (κ1) is 16.6. The number of rotatable bonds is 9. The molecule has 1 aliphatic heterocycles. The lowest BCUT2D eigenvalue weighted by molar-refractivity contribution is -0.152. The smallest absolute Gasteiger partial charge is 0.330 e. The second-order valence-electron chi connectivity index (χ2n) is 3.80. The van der Waals surface area contributed by atoms with Gasteiger partial charge in [-0.05, 0) is 0 Å². The number of imide groups is 1. The summed E-state index contributed by atoms with van der Waals surface area (Å²) in [6.45, 7) is 3.11. The molecule has 0 atom stereocenters. The molecule has 0 bridgehead atoms. The first-order valence-corrected chi connectivity index (χ1v) is 6.10. The van der Waals surface area contributed by atoms with Crippen LogP contribution in [0.3, 0.4) is 0 Å². The average Bonchev–Trinajstić information content (AvgIpc) is 2.77. The van der Waals surface area contributed by atoms with Gasteiger partial charge in [0.1, 0.15) is 19.8 Å². The van der Waals surface area contributed by atoms with E-state index in [0.717, 1.165) is 23.1 Å². The zero-order valence-corrected chi connectivity index (χ0v) is 11.3. The Morgan fingerprint density at radius 3 is 2.19 bits per heavy atom. The molecule has 0 aromatic rings. The SMILES string of the molecule is C=CC(=O)OCCOCCOC(=O)CN1C(=O)C=CC1=O. The summed E-state index contributed by atoms with van der Waals surface area (Å²) in [6, 6.07) is 0. The lowest BCUT2D eigenvalue weighted by atomic mass is 10.5. The van der Waals surface area contributed by atoms with E-state index in [4.69, 9.17) is 9.47 Å². The third-order valence-corrected chi connectivity index (χ3v) is 2.32. The Hall–Kier alpha value is -2.48. The number of carbonyl (C=O) groups is 4. The van der Waals surface area contributed by atoms with E-state index >= 15 is 0 Å². The Morgan fingerprint density at radius 2 is 1.62 bits per heavy atom. The average molecular weight is 297 g/mol. The summed E-state index contributed by atoms with van der Waals surface area (Å²) in [5, 5.41) is 0. The van der Waals surface area contributed by atoms with Crippen LogP contribution < -0.4 is 0 Å². The summed E-state index contributed by atoms with van der Waals surface area (Å²) < 4.78 is 14.5. The fourth-order valence-corrected chi connectivity index (χ4v) is 1.34. The van der Waals surface area contributed by atoms with Gasteiger partial charge in [0.2, 0.25) is 0 Å². The molecule has 0 spiro atoms. The molecular formula is C13H15NO7. The summed E-state index contributed by atoms with van der Waals surface area (Å²) in [7, 11) is 0. The number of nitrogens with zero attached hydrogens (tertiary/aromatic N) is 1. The highest BCUT2D eigenvalue weighted by molar-refractivity contribution is 6.14. The first-order chi connectivity index (χ1) is 10.0. The van der Waals surface area contributed by atoms with E-state index in [1.165, 1.54) is 0 Å². The van der Waals surface area contributed by atoms with Crippen LogP contribution in [0.1, 0.15) is 0 Å². The van der Waals surface area contributed by atoms with Gasteiger partial charge in [-0.3, -0.25) is 19.3 Å². The molecule has 0 aliphatic carbocycles. The van der Waals surface area contributed by atoms with E-state index in [2.05, 4.69) is 11.3 Å². The predicted octanol–water partition coefficient (Wildman–Crippen LogP) is -0.800. The predicted molar refractivity (Wildman–Crippen MR) is 68.8 cm³/mol. The van der Waals surface area contributed by atoms with Gasteiger partial charge in [0.25, 0.3) is 11.8 Å². The molecule has 21 heavy (non-hydrogen) atoms. The van der Waals surface area contributed by atoms with Crippen LogP contribution in [0.5, 0.6) is 0 Å². The number of esters is 2. The highest BCUT2D eigenvalue weighted by Crippen LogP contribution is 2.03. The van der Waals surface area contributed by atoms with Crippen LogP contribution in [-0.2, 0) is 33.4 Å². The van der Waals surface area contributed by atoms with Crippen LogP contribution in [-0.4, -0.2) is 61.6 Å². The van der Waals surface area contributed by atoms with Gasteiger partial charge in [0, 0.05) is 18.2 Å². The van der Waals surface area contributed by atoms with Crippen molar-refractivity contribution in [1.82, 2.24) is 4.90 Å². The number of hydrogen-bond donors (Lipinski definition) is 0. The second-order valence-corrected chi connectivity index (χ2v) is 3.80. The van der Waals surface area contributed by atoms with Crippen LogP contribution in [0, 0.1) is 0 Å². The van der Waals surface area contributed by atoms with Crippen LogP contribution in [0.4, 0.5) is 0 Å². The van der Waals surface area contributed by atoms with E-state index in [-0.39, 0.29) is 26.4 Å². The third kappa shape index (κ3) is 6.00. The van der Waals surface area contributed by atoms with E-state index in [9.17, 15) is 19.2 Å². The molecule has 1 aliphatic rings. The molecule has 8 nitrogen and oxygen atoms in total. The maximum Gasteiger partial charge on any atom is 0.330 e. The molecule has 8 heteroatoms. The molecule has 1 heterocycles. The van der Waals surface area contributed by atoms with E-state index < -0.39 is 30.3 Å². The van der Waals surface area contributed by atoms with Crippen molar-refractivity contribution in [2.45, 2.75) is 0 Å². The van der Waals surface area contributed by atoms with Crippen molar-refractivity contribution < 1.29 is 33.4 Å². The van der Waals surface area contributed by atoms with E-state index in [1.54, 1.807) is 0 Å². The summed E-state index contributed by atoms with van der Waals surface area (Å²) in [4.78, 5) is 45.2. The Labute approximate surface area is 120 Å². The minimum absolute atomic E-state index is 0.0299. The molecule has 2 amide bonds. The van der Waals surface area contributed by atoms with Crippen molar-refractivity contribution >= 4 is 23.8 Å². The Bertz CT molecular complexity index is 451. The minimum atomic E-state index is -0.706. The number of amides is 2. The largest absolute Gasteiger partial charge is 0.462 e. The second kappa shape index (κ2) is 8.64. The first-order valence-electron chi connectivity index (χ1n) is 6.10. The molecule has 0 aromatic heterocycles. The molecule has 0 N–H and O–H groups in total. The van der Waals surface area contributed by atoms with Crippen molar-refractivity contribution in [3.63, 3.8) is 0 Å². The Kier molecular flexibility index (Phi) is 6.82. The van der Waals surface area contributed by atoms with Gasteiger partial charge < -0.3 is 14.2 Å². The van der Waals surface area contributed by atoms with Gasteiger partial charge in [0.05, 0.1) is 13.2 Å². The third-order valence-electron chi connectivity index (χ3n) is 2.32. The lowest BCUT2D eigenvalue weighted by Gasteiger charge is -2.12. The number of ether oxygens (including phenoxy) is 3. The van der Waals surface area contributed by atoms with Crippen molar-refractivity contribution in [2.75, 3.05) is 33.0 Å². The van der Waals surface area contributed by atoms with Crippen LogP contribution in [0.15, 0.2) is 24.8 Å². The molecular weight excluding hydrogens is 282 g/mol. The summed E-state index contributed by atoms with van der Waals surface area (Å²) in [6.07, 6.45) is 3.21. The van der Waals surface area contributed by atoms with Gasteiger partial charge in [-0.1, -0.05) is 6.58 Å². The van der Waals surface area contributed by atoms with Crippen molar-refractivity contribution in [2.24, 2.45) is 0 Å². The van der Waals surface area contributed by atoms with Gasteiger partial charge in [-0.25, -0.2) is 4.79 Å². The van der Waals surface area contributed by atoms with Gasteiger partial charge in [0.15, 0.2) is 0 Å². The molecule has 0 saturated heterocycles. The summed E-state index contributed by atoms with van der Waals surface area (Å²) >= 11 is 0. The highest BCUT2D eigenvalue weighted by atomic mass is 16.6. The summed E-state index contributed by atoms with van der Waals surface area (Å²) in [5.41, 5.74) is 0. The molecule has 0 aromatic carbocycles. The fourth-order valence-electron chi connectivity index (χ4n) is 1.34. The zero-order valence-electron chi connectivity index (χ0n) is 11.3. The molecule has 0 saturated carbocycles. The highest BCUT2D eigenvalue weighted by Gasteiger charge is 2.26. The molecule has 114 valence electrons. The molecule has 0 radical (unpaired) electrons. The Balaban J connectivity index is 2.04. The molecule has 1 rings (SSSR count). The monoisotopic (exact) mass is 297 g/mol. The maximum absolute atomic E-state index is 11.4. The quantitative estimate of drug-likeness (QED) is 0.238. The van der Waals surface area contributed by atoms with Gasteiger partial charge in [-0.15, -0.1) is 0 Å². The maximum atomic E-state index is 11.4.